The summed E-state index contributed by atoms with van der Waals surface area (Å²) in [6.07, 6.45) is 6.07. The van der Waals surface area contributed by atoms with Crippen molar-refractivity contribution in [2.45, 2.75) is 25.7 Å². The Labute approximate surface area is 88.1 Å². The van der Waals surface area contributed by atoms with Crippen LogP contribution in [0.1, 0.15) is 25.7 Å². The molecule has 1 aromatic rings. The van der Waals surface area contributed by atoms with Crippen molar-refractivity contribution in [2.75, 3.05) is 17.6 Å². The lowest BCUT2D eigenvalue weighted by Gasteiger charge is -2.06. The molecular formula is C10H15FN4. The van der Waals surface area contributed by atoms with Crippen molar-refractivity contribution < 1.29 is 4.39 Å². The highest BCUT2D eigenvalue weighted by Crippen LogP contribution is 2.33. The van der Waals surface area contributed by atoms with E-state index in [2.05, 4.69) is 15.3 Å². The zero-order valence-corrected chi connectivity index (χ0v) is 8.54. The minimum atomic E-state index is -0.448. The molecule has 15 heavy (non-hydrogen) atoms. The number of hydrogen-bond donors (Lipinski definition) is 2. The lowest BCUT2D eigenvalue weighted by Crippen LogP contribution is -2.08. The number of aromatic nitrogens is 2. The first-order valence-corrected chi connectivity index (χ1v) is 5.27. The van der Waals surface area contributed by atoms with Crippen molar-refractivity contribution >= 4 is 11.8 Å². The van der Waals surface area contributed by atoms with Gasteiger partial charge in [0.2, 0.25) is 5.95 Å². The van der Waals surface area contributed by atoms with Crippen LogP contribution in [0.4, 0.5) is 16.2 Å². The van der Waals surface area contributed by atoms with E-state index >= 15 is 0 Å². The summed E-state index contributed by atoms with van der Waals surface area (Å²) in [5, 5.41) is 2.93. The molecule has 0 aliphatic heterocycles. The Morgan fingerprint density at radius 2 is 2.33 bits per heavy atom. The van der Waals surface area contributed by atoms with Gasteiger partial charge in [-0.2, -0.15) is 4.98 Å². The van der Waals surface area contributed by atoms with E-state index in [1.54, 1.807) is 0 Å². The molecule has 1 aliphatic rings. The van der Waals surface area contributed by atoms with Crippen LogP contribution in [0.3, 0.4) is 0 Å². The number of nitrogens with two attached hydrogens (primary N) is 1. The van der Waals surface area contributed by atoms with Gasteiger partial charge in [-0.25, -0.2) is 9.37 Å². The normalized spacial score (nSPS) is 15.3. The van der Waals surface area contributed by atoms with Gasteiger partial charge < -0.3 is 11.1 Å². The molecule has 0 aromatic carbocycles. The Hall–Kier alpha value is -1.39. The summed E-state index contributed by atoms with van der Waals surface area (Å²) in [6.45, 7) is 0.740. The quantitative estimate of drug-likeness (QED) is 0.727. The maximum atomic E-state index is 13.1. The van der Waals surface area contributed by atoms with Crippen molar-refractivity contribution in [3.05, 3.63) is 12.0 Å². The second-order valence-electron chi connectivity index (χ2n) is 3.94. The fourth-order valence-corrected chi connectivity index (χ4v) is 1.51. The minimum absolute atomic E-state index is 0.0982. The molecule has 1 aromatic heterocycles. The number of halogens is 1. The molecule has 1 saturated carbocycles. The SMILES string of the molecule is Nc1ncc(F)c(NCCCC2CC2)n1. The van der Waals surface area contributed by atoms with E-state index in [-0.39, 0.29) is 11.8 Å². The maximum absolute atomic E-state index is 13.1. The van der Waals surface area contributed by atoms with Crippen molar-refractivity contribution in [1.29, 1.82) is 0 Å². The third-order valence-electron chi connectivity index (χ3n) is 2.54. The third-order valence-corrected chi connectivity index (χ3v) is 2.54. The summed E-state index contributed by atoms with van der Waals surface area (Å²) in [4.78, 5) is 7.34. The standard InChI is InChI=1S/C10H15FN4/c11-8-6-14-10(12)15-9(8)13-5-1-2-7-3-4-7/h6-7H,1-5H2,(H3,12,13,14,15). The van der Waals surface area contributed by atoms with Crippen LogP contribution in [-0.4, -0.2) is 16.5 Å². The summed E-state index contributed by atoms with van der Waals surface area (Å²) in [5.74, 6) is 0.766. The number of nitrogen functional groups attached to an aromatic ring is 1. The second-order valence-corrected chi connectivity index (χ2v) is 3.94. The molecule has 0 saturated heterocycles. The van der Waals surface area contributed by atoms with E-state index in [0.717, 1.165) is 25.1 Å². The van der Waals surface area contributed by atoms with Gasteiger partial charge in [0, 0.05) is 6.54 Å². The maximum Gasteiger partial charge on any atom is 0.222 e. The summed E-state index contributed by atoms with van der Waals surface area (Å²) in [7, 11) is 0. The van der Waals surface area contributed by atoms with Crippen molar-refractivity contribution in [3.8, 4) is 0 Å². The predicted molar refractivity (Wildman–Crippen MR) is 56.9 cm³/mol. The third kappa shape index (κ3) is 3.04. The topological polar surface area (TPSA) is 63.8 Å². The molecule has 1 fully saturated rings. The highest BCUT2D eigenvalue weighted by molar-refractivity contribution is 5.38. The monoisotopic (exact) mass is 210 g/mol. The lowest BCUT2D eigenvalue weighted by molar-refractivity contribution is 0.614. The van der Waals surface area contributed by atoms with Crippen LogP contribution in [0.25, 0.3) is 0 Å². The minimum Gasteiger partial charge on any atom is -0.368 e. The van der Waals surface area contributed by atoms with E-state index in [0.29, 0.717) is 0 Å². The second kappa shape index (κ2) is 4.42. The number of hydrogen-bond acceptors (Lipinski definition) is 4. The van der Waals surface area contributed by atoms with Crippen LogP contribution in [0.5, 0.6) is 0 Å². The Morgan fingerprint density at radius 3 is 3.07 bits per heavy atom. The summed E-state index contributed by atoms with van der Waals surface area (Å²) >= 11 is 0. The van der Waals surface area contributed by atoms with Crippen LogP contribution in [0.15, 0.2) is 6.20 Å². The number of nitrogens with zero attached hydrogens (tertiary/aromatic N) is 2. The Morgan fingerprint density at radius 1 is 1.53 bits per heavy atom. The lowest BCUT2D eigenvalue weighted by atomic mass is 10.2. The summed E-state index contributed by atoms with van der Waals surface area (Å²) in [5.41, 5.74) is 5.36. The first-order valence-electron chi connectivity index (χ1n) is 5.27. The van der Waals surface area contributed by atoms with E-state index in [4.69, 9.17) is 5.73 Å². The van der Waals surface area contributed by atoms with Gasteiger partial charge in [0.1, 0.15) is 0 Å². The average molecular weight is 210 g/mol. The van der Waals surface area contributed by atoms with E-state index in [1.165, 1.54) is 19.3 Å². The molecule has 5 heteroatoms. The first-order chi connectivity index (χ1) is 7.25. The van der Waals surface area contributed by atoms with Crippen LogP contribution in [-0.2, 0) is 0 Å². The van der Waals surface area contributed by atoms with Gasteiger partial charge in [-0.15, -0.1) is 0 Å². The van der Waals surface area contributed by atoms with Gasteiger partial charge in [0.15, 0.2) is 11.6 Å². The van der Waals surface area contributed by atoms with Gasteiger partial charge in [-0.3, -0.25) is 0 Å². The smallest absolute Gasteiger partial charge is 0.222 e. The van der Waals surface area contributed by atoms with Crippen molar-refractivity contribution in [3.63, 3.8) is 0 Å². The number of nitrogens with one attached hydrogen (secondary N) is 1. The molecule has 0 amide bonds. The number of rotatable bonds is 5. The molecule has 3 N–H and O–H groups in total. The van der Waals surface area contributed by atoms with Gasteiger partial charge in [0.05, 0.1) is 6.20 Å². The molecule has 4 nitrogen and oxygen atoms in total. The average Bonchev–Trinajstić information content (AvgIpc) is 3.01. The van der Waals surface area contributed by atoms with Crippen LogP contribution >= 0.6 is 0 Å². The highest BCUT2D eigenvalue weighted by Gasteiger charge is 2.20. The molecule has 0 spiro atoms. The molecule has 82 valence electrons. The zero-order valence-electron chi connectivity index (χ0n) is 8.54. The van der Waals surface area contributed by atoms with Gasteiger partial charge in [0.25, 0.3) is 0 Å². The molecular weight excluding hydrogens is 195 g/mol. The Bertz CT molecular complexity index is 338. The number of anilines is 2. The largest absolute Gasteiger partial charge is 0.368 e. The Kier molecular flexibility index (Phi) is 2.99. The molecule has 0 unspecified atom stereocenters. The summed E-state index contributed by atoms with van der Waals surface area (Å²) in [6, 6.07) is 0. The molecule has 0 atom stereocenters. The van der Waals surface area contributed by atoms with E-state index in [9.17, 15) is 4.39 Å². The molecule has 0 bridgehead atoms. The van der Waals surface area contributed by atoms with Gasteiger partial charge in [-0.05, 0) is 18.8 Å². The van der Waals surface area contributed by atoms with E-state index < -0.39 is 5.82 Å². The highest BCUT2D eigenvalue weighted by atomic mass is 19.1. The molecule has 0 radical (unpaired) electrons. The molecule has 1 aliphatic carbocycles. The molecule has 2 rings (SSSR count). The van der Waals surface area contributed by atoms with Gasteiger partial charge >= 0.3 is 0 Å². The zero-order chi connectivity index (χ0) is 10.7. The molecule has 1 heterocycles. The van der Waals surface area contributed by atoms with Crippen molar-refractivity contribution in [1.82, 2.24) is 9.97 Å². The van der Waals surface area contributed by atoms with Crippen LogP contribution < -0.4 is 11.1 Å². The van der Waals surface area contributed by atoms with Crippen LogP contribution in [0, 0.1) is 11.7 Å². The van der Waals surface area contributed by atoms with Crippen molar-refractivity contribution in [2.24, 2.45) is 5.92 Å². The fourth-order valence-electron chi connectivity index (χ4n) is 1.51. The fraction of sp³-hybridized carbons (Fsp3) is 0.600. The summed E-state index contributed by atoms with van der Waals surface area (Å²) < 4.78 is 13.1. The predicted octanol–water partition coefficient (Wildman–Crippen LogP) is 1.80. The Balaban J connectivity index is 1.78. The first kappa shape index (κ1) is 10.1. The van der Waals surface area contributed by atoms with E-state index in [1.807, 2.05) is 0 Å². The van der Waals surface area contributed by atoms with Gasteiger partial charge in [-0.1, -0.05) is 12.8 Å². The van der Waals surface area contributed by atoms with Crippen LogP contribution in [0.2, 0.25) is 0 Å².